The Bertz CT molecular complexity index is 729. The van der Waals surface area contributed by atoms with Gasteiger partial charge >= 0.3 is 0 Å². The van der Waals surface area contributed by atoms with Crippen molar-refractivity contribution in [3.63, 3.8) is 0 Å². The normalized spacial score (nSPS) is 10.5. The molecule has 0 aliphatic rings. The Hall–Kier alpha value is -3.02. The number of carbonyl (C=O) groups excluding carboxylic acids is 1. The van der Waals surface area contributed by atoms with Gasteiger partial charge in [0, 0.05) is 11.3 Å². The molecule has 0 aromatic heterocycles. The van der Waals surface area contributed by atoms with Gasteiger partial charge in [0.2, 0.25) is 0 Å². The lowest BCUT2D eigenvalue weighted by atomic mass is 10.2. The molecule has 0 fully saturated rings. The Morgan fingerprint density at radius 2 is 1.92 bits per heavy atom. The molecule has 6 nitrogen and oxygen atoms in total. The van der Waals surface area contributed by atoms with Gasteiger partial charge < -0.3 is 14.8 Å². The first kappa shape index (κ1) is 17.3. The minimum Gasteiger partial charge on any atom is -0.493 e. The number of ether oxygens (including phenoxy) is 2. The zero-order valence-corrected chi connectivity index (χ0v) is 14.0. The number of benzene rings is 2. The molecular weight excluding hydrogens is 306 g/mol. The predicted octanol–water partition coefficient (Wildman–Crippen LogP) is 2.57. The summed E-state index contributed by atoms with van der Waals surface area (Å²) in [5.74, 6) is 0.932. The van der Waals surface area contributed by atoms with Crippen LogP contribution in [-0.2, 0) is 4.79 Å². The van der Waals surface area contributed by atoms with E-state index in [0.717, 1.165) is 11.3 Å². The number of para-hydroxylation sites is 2. The van der Waals surface area contributed by atoms with Crippen LogP contribution >= 0.6 is 0 Å². The summed E-state index contributed by atoms with van der Waals surface area (Å²) < 4.78 is 10.5. The van der Waals surface area contributed by atoms with Crippen LogP contribution in [0.1, 0.15) is 11.1 Å². The maximum Gasteiger partial charge on any atom is 0.259 e. The fourth-order valence-corrected chi connectivity index (χ4v) is 2.17. The molecule has 2 rings (SSSR count). The fraction of sp³-hybridized carbons (Fsp3) is 0.222. The number of hydrazone groups is 1. The van der Waals surface area contributed by atoms with Crippen molar-refractivity contribution in [1.29, 1.82) is 0 Å². The molecule has 24 heavy (non-hydrogen) atoms. The zero-order chi connectivity index (χ0) is 17.4. The van der Waals surface area contributed by atoms with Crippen LogP contribution in [0.25, 0.3) is 0 Å². The van der Waals surface area contributed by atoms with Crippen LogP contribution in [0.2, 0.25) is 0 Å². The summed E-state index contributed by atoms with van der Waals surface area (Å²) in [6.45, 7) is 2.12. The first-order chi connectivity index (χ1) is 11.7. The standard InChI is InChI=1S/C18H21N3O3/c1-13-7-4-5-9-15(13)19-12-17(22)21-20-11-14-8-6-10-16(23-2)18(14)24-3/h4-11,19H,12H2,1-3H3,(H,21,22)/b20-11+. The van der Waals surface area contributed by atoms with Crippen LogP contribution in [-0.4, -0.2) is 32.9 Å². The van der Waals surface area contributed by atoms with E-state index in [-0.39, 0.29) is 12.5 Å². The highest BCUT2D eigenvalue weighted by Gasteiger charge is 2.07. The van der Waals surface area contributed by atoms with Crippen LogP contribution in [0, 0.1) is 6.92 Å². The van der Waals surface area contributed by atoms with Gasteiger partial charge in [-0.15, -0.1) is 0 Å². The van der Waals surface area contributed by atoms with Crippen molar-refractivity contribution >= 4 is 17.8 Å². The van der Waals surface area contributed by atoms with E-state index in [1.54, 1.807) is 20.3 Å². The lowest BCUT2D eigenvalue weighted by molar-refractivity contribution is -0.119. The van der Waals surface area contributed by atoms with Crippen LogP contribution in [0.5, 0.6) is 11.5 Å². The van der Waals surface area contributed by atoms with Gasteiger partial charge in [0.25, 0.3) is 5.91 Å². The minimum atomic E-state index is -0.239. The average Bonchev–Trinajstić information content (AvgIpc) is 2.60. The summed E-state index contributed by atoms with van der Waals surface area (Å²) in [6.07, 6.45) is 1.52. The molecule has 0 saturated carbocycles. The Morgan fingerprint density at radius 3 is 2.62 bits per heavy atom. The molecule has 2 aromatic carbocycles. The molecule has 6 heteroatoms. The molecule has 0 heterocycles. The number of aryl methyl sites for hydroxylation is 1. The van der Waals surface area contributed by atoms with E-state index in [4.69, 9.17) is 9.47 Å². The van der Waals surface area contributed by atoms with Crippen LogP contribution < -0.4 is 20.2 Å². The number of anilines is 1. The highest BCUT2D eigenvalue weighted by atomic mass is 16.5. The number of nitrogens with one attached hydrogen (secondary N) is 2. The van der Waals surface area contributed by atoms with Gasteiger partial charge in [0.05, 0.1) is 27.0 Å². The second-order valence-electron chi connectivity index (χ2n) is 5.04. The Kier molecular flexibility index (Phi) is 6.19. The van der Waals surface area contributed by atoms with Crippen LogP contribution in [0.3, 0.4) is 0 Å². The summed E-state index contributed by atoms with van der Waals surface area (Å²) >= 11 is 0. The molecule has 0 radical (unpaired) electrons. The second-order valence-corrected chi connectivity index (χ2v) is 5.04. The van der Waals surface area contributed by atoms with E-state index in [1.165, 1.54) is 6.21 Å². The molecule has 0 aliphatic carbocycles. The molecule has 126 valence electrons. The number of nitrogens with zero attached hydrogens (tertiary/aromatic N) is 1. The maximum atomic E-state index is 11.9. The Labute approximate surface area is 141 Å². The van der Waals surface area contributed by atoms with E-state index in [1.807, 2.05) is 43.3 Å². The Balaban J connectivity index is 1.92. The predicted molar refractivity (Wildman–Crippen MR) is 95.0 cm³/mol. The van der Waals surface area contributed by atoms with Gasteiger partial charge in [-0.25, -0.2) is 5.43 Å². The van der Waals surface area contributed by atoms with Gasteiger partial charge in [0.1, 0.15) is 0 Å². The summed E-state index contributed by atoms with van der Waals surface area (Å²) in [5, 5.41) is 7.03. The molecule has 0 bridgehead atoms. The summed E-state index contributed by atoms with van der Waals surface area (Å²) in [6, 6.07) is 13.2. The molecule has 2 N–H and O–H groups in total. The van der Waals surface area contributed by atoms with Crippen molar-refractivity contribution in [2.45, 2.75) is 6.92 Å². The van der Waals surface area contributed by atoms with Gasteiger partial charge in [0.15, 0.2) is 11.5 Å². The summed E-state index contributed by atoms with van der Waals surface area (Å²) in [7, 11) is 3.12. The van der Waals surface area contributed by atoms with Crippen molar-refractivity contribution in [2.75, 3.05) is 26.1 Å². The minimum absolute atomic E-state index is 0.136. The van der Waals surface area contributed by atoms with Crippen molar-refractivity contribution in [2.24, 2.45) is 5.10 Å². The van der Waals surface area contributed by atoms with E-state index < -0.39 is 0 Å². The lowest BCUT2D eigenvalue weighted by Crippen LogP contribution is -2.26. The van der Waals surface area contributed by atoms with Gasteiger partial charge in [-0.1, -0.05) is 24.3 Å². The molecule has 1 amide bonds. The summed E-state index contributed by atoms with van der Waals surface area (Å²) in [5.41, 5.74) is 5.19. The Morgan fingerprint density at radius 1 is 1.12 bits per heavy atom. The number of methoxy groups -OCH3 is 2. The largest absolute Gasteiger partial charge is 0.493 e. The second kappa shape index (κ2) is 8.57. The molecule has 2 aromatic rings. The number of hydrogen-bond donors (Lipinski definition) is 2. The molecule has 0 unspecified atom stereocenters. The number of rotatable bonds is 7. The lowest BCUT2D eigenvalue weighted by Gasteiger charge is -2.10. The monoisotopic (exact) mass is 327 g/mol. The molecule has 0 spiro atoms. The number of amides is 1. The molecule has 0 saturated heterocycles. The van der Waals surface area contributed by atoms with Gasteiger partial charge in [-0.05, 0) is 30.7 Å². The first-order valence-electron chi connectivity index (χ1n) is 7.48. The maximum absolute atomic E-state index is 11.9. The third kappa shape index (κ3) is 4.49. The van der Waals surface area contributed by atoms with Crippen molar-refractivity contribution in [3.05, 3.63) is 53.6 Å². The van der Waals surface area contributed by atoms with Crippen molar-refractivity contribution < 1.29 is 14.3 Å². The fourth-order valence-electron chi connectivity index (χ4n) is 2.17. The van der Waals surface area contributed by atoms with E-state index in [2.05, 4.69) is 15.8 Å². The average molecular weight is 327 g/mol. The van der Waals surface area contributed by atoms with E-state index >= 15 is 0 Å². The van der Waals surface area contributed by atoms with E-state index in [0.29, 0.717) is 17.1 Å². The van der Waals surface area contributed by atoms with Gasteiger partial charge in [-0.3, -0.25) is 4.79 Å². The quantitative estimate of drug-likeness (QED) is 0.606. The van der Waals surface area contributed by atoms with Crippen molar-refractivity contribution in [3.8, 4) is 11.5 Å². The third-order valence-corrected chi connectivity index (χ3v) is 3.41. The highest BCUT2D eigenvalue weighted by molar-refractivity contribution is 5.87. The SMILES string of the molecule is COc1cccc(/C=N/NC(=O)CNc2ccccc2C)c1OC. The topological polar surface area (TPSA) is 72.0 Å². The van der Waals surface area contributed by atoms with Crippen LogP contribution in [0.15, 0.2) is 47.6 Å². The molecular formula is C18H21N3O3. The highest BCUT2D eigenvalue weighted by Crippen LogP contribution is 2.29. The first-order valence-corrected chi connectivity index (χ1v) is 7.48. The zero-order valence-electron chi connectivity index (χ0n) is 14.0. The number of hydrogen-bond acceptors (Lipinski definition) is 5. The van der Waals surface area contributed by atoms with Gasteiger partial charge in [-0.2, -0.15) is 5.10 Å². The molecule has 0 aliphatic heterocycles. The van der Waals surface area contributed by atoms with Crippen LogP contribution in [0.4, 0.5) is 5.69 Å². The third-order valence-electron chi connectivity index (χ3n) is 3.41. The number of carbonyl (C=O) groups is 1. The van der Waals surface area contributed by atoms with Crippen molar-refractivity contribution in [1.82, 2.24) is 5.43 Å². The summed E-state index contributed by atoms with van der Waals surface area (Å²) in [4.78, 5) is 11.9. The molecule has 0 atom stereocenters. The van der Waals surface area contributed by atoms with E-state index in [9.17, 15) is 4.79 Å². The smallest absolute Gasteiger partial charge is 0.259 e.